The second-order valence-electron chi connectivity index (χ2n) is 19.9. The molecule has 370 valence electrons. The van der Waals surface area contributed by atoms with Crippen molar-refractivity contribution in [1.29, 1.82) is 0 Å². The lowest BCUT2D eigenvalue weighted by atomic mass is 10.0. The van der Waals surface area contributed by atoms with Crippen LogP contribution in [0.15, 0.2) is 12.2 Å². The van der Waals surface area contributed by atoms with Gasteiger partial charge in [0.25, 0.3) is 7.82 Å². The van der Waals surface area contributed by atoms with Gasteiger partial charge in [0.1, 0.15) is 13.2 Å². The third kappa shape index (κ3) is 47.2. The van der Waals surface area contributed by atoms with Crippen molar-refractivity contribution in [2.75, 3.05) is 40.9 Å². The number of aliphatic hydroxyl groups is 1. The van der Waals surface area contributed by atoms with Crippen molar-refractivity contribution in [1.82, 2.24) is 5.32 Å². The predicted molar refractivity (Wildman–Crippen MR) is 266 cm³/mol. The van der Waals surface area contributed by atoms with Crippen LogP contribution in [0, 0.1) is 0 Å². The lowest BCUT2D eigenvalue weighted by Crippen LogP contribution is -2.45. The number of carbonyl (C=O) groups excluding carboxylic acids is 1. The van der Waals surface area contributed by atoms with Gasteiger partial charge in [-0.1, -0.05) is 257 Å². The van der Waals surface area contributed by atoms with E-state index in [1.54, 1.807) is 6.08 Å². The highest BCUT2D eigenvalue weighted by Gasteiger charge is 2.23. The fourth-order valence-corrected chi connectivity index (χ4v) is 8.94. The number of phosphoric ester groups is 1. The highest BCUT2D eigenvalue weighted by molar-refractivity contribution is 7.45. The van der Waals surface area contributed by atoms with E-state index in [9.17, 15) is 19.4 Å². The number of unbranched alkanes of at least 4 members (excludes halogenated alkanes) is 37. The molecule has 1 amide bonds. The molecule has 0 aliphatic rings. The van der Waals surface area contributed by atoms with Gasteiger partial charge >= 0.3 is 0 Å². The van der Waals surface area contributed by atoms with E-state index in [1.807, 2.05) is 27.2 Å². The van der Waals surface area contributed by atoms with Gasteiger partial charge in [-0.2, -0.15) is 0 Å². The number of nitrogens with one attached hydrogen (secondary N) is 1. The van der Waals surface area contributed by atoms with Crippen LogP contribution in [0.1, 0.15) is 271 Å². The van der Waals surface area contributed by atoms with E-state index in [0.717, 1.165) is 38.5 Å². The molecule has 2 N–H and O–H groups in total. The second-order valence-corrected chi connectivity index (χ2v) is 21.4. The number of hydrogen-bond donors (Lipinski definition) is 2. The Hall–Kier alpha value is -0.760. The minimum Gasteiger partial charge on any atom is -0.756 e. The minimum absolute atomic E-state index is 0.00250. The van der Waals surface area contributed by atoms with Gasteiger partial charge in [0.05, 0.1) is 39.9 Å². The van der Waals surface area contributed by atoms with Crippen LogP contribution < -0.4 is 10.2 Å². The fourth-order valence-electron chi connectivity index (χ4n) is 8.21. The molecule has 0 saturated carbocycles. The molecule has 0 fully saturated rings. The van der Waals surface area contributed by atoms with Crippen molar-refractivity contribution < 1.29 is 32.9 Å². The highest BCUT2D eigenvalue weighted by Crippen LogP contribution is 2.38. The van der Waals surface area contributed by atoms with Gasteiger partial charge in [-0.15, -0.1) is 0 Å². The van der Waals surface area contributed by atoms with E-state index < -0.39 is 20.0 Å². The Morgan fingerprint density at radius 2 is 0.871 bits per heavy atom. The maximum Gasteiger partial charge on any atom is 0.268 e. The topological polar surface area (TPSA) is 108 Å². The van der Waals surface area contributed by atoms with Crippen molar-refractivity contribution in [3.05, 3.63) is 12.2 Å². The van der Waals surface area contributed by atoms with E-state index in [4.69, 9.17) is 9.05 Å². The van der Waals surface area contributed by atoms with Crippen LogP contribution in [0.3, 0.4) is 0 Å². The third-order valence-electron chi connectivity index (χ3n) is 12.5. The molecule has 0 aromatic heterocycles. The SMILES string of the molecule is CCCCCCCCCCCCCCCC/C=C/[C@@H](O)[C@H](COP(=O)([O-])OCC[N+](C)(C)C)NC(=O)CCCCCCCCCCCCCCCCCCCCCCCCCC. The monoisotopic (exact) mass is 899 g/mol. The summed E-state index contributed by atoms with van der Waals surface area (Å²) >= 11 is 0. The molecule has 3 atom stereocenters. The number of rotatable bonds is 50. The van der Waals surface area contributed by atoms with Crippen LogP contribution in [0.2, 0.25) is 0 Å². The first-order valence-electron chi connectivity index (χ1n) is 27.1. The zero-order chi connectivity index (χ0) is 45.7. The van der Waals surface area contributed by atoms with Crippen molar-refractivity contribution in [3.63, 3.8) is 0 Å². The molecule has 62 heavy (non-hydrogen) atoms. The third-order valence-corrected chi connectivity index (χ3v) is 13.5. The molecular formula is C53H107N2O6P. The highest BCUT2D eigenvalue weighted by atomic mass is 31.2. The molecule has 0 aliphatic heterocycles. The molecule has 0 aromatic carbocycles. The van der Waals surface area contributed by atoms with Crippen LogP contribution >= 0.6 is 7.82 Å². The van der Waals surface area contributed by atoms with Gasteiger partial charge in [0.2, 0.25) is 5.91 Å². The summed E-state index contributed by atoms with van der Waals surface area (Å²) in [5.41, 5.74) is 0. The summed E-state index contributed by atoms with van der Waals surface area (Å²) in [4.78, 5) is 25.4. The number of quaternary nitrogens is 1. The fraction of sp³-hybridized carbons (Fsp3) is 0.943. The average Bonchev–Trinajstić information content (AvgIpc) is 3.23. The molecule has 0 aliphatic carbocycles. The Labute approximate surface area is 386 Å². The Balaban J connectivity index is 4.18. The smallest absolute Gasteiger partial charge is 0.268 e. The normalized spacial score (nSPS) is 14.1. The first kappa shape index (κ1) is 61.2. The molecule has 0 aromatic rings. The van der Waals surface area contributed by atoms with Gasteiger partial charge < -0.3 is 28.8 Å². The summed E-state index contributed by atoms with van der Waals surface area (Å²) in [5, 5.41) is 13.9. The largest absolute Gasteiger partial charge is 0.756 e. The molecule has 9 heteroatoms. The van der Waals surface area contributed by atoms with Crippen molar-refractivity contribution in [2.24, 2.45) is 0 Å². The lowest BCUT2D eigenvalue weighted by Gasteiger charge is -2.29. The van der Waals surface area contributed by atoms with Crippen molar-refractivity contribution in [3.8, 4) is 0 Å². The number of carbonyl (C=O) groups is 1. The lowest BCUT2D eigenvalue weighted by molar-refractivity contribution is -0.870. The van der Waals surface area contributed by atoms with Crippen LogP contribution in [0.25, 0.3) is 0 Å². The molecule has 8 nitrogen and oxygen atoms in total. The van der Waals surface area contributed by atoms with E-state index >= 15 is 0 Å². The van der Waals surface area contributed by atoms with Gasteiger partial charge in [-0.05, 0) is 19.3 Å². The second kappa shape index (κ2) is 45.4. The van der Waals surface area contributed by atoms with E-state index in [0.29, 0.717) is 17.4 Å². The van der Waals surface area contributed by atoms with E-state index in [1.165, 1.54) is 212 Å². The molecule has 1 unspecified atom stereocenters. The summed E-state index contributed by atoms with van der Waals surface area (Å²) in [6, 6.07) is -0.881. The first-order valence-corrected chi connectivity index (χ1v) is 28.5. The Morgan fingerprint density at radius 1 is 0.548 bits per heavy atom. The van der Waals surface area contributed by atoms with Gasteiger partial charge in [-0.3, -0.25) is 9.36 Å². The number of nitrogens with zero attached hydrogens (tertiary/aromatic N) is 1. The van der Waals surface area contributed by atoms with Crippen LogP contribution in [-0.2, 0) is 18.4 Å². The molecule has 0 heterocycles. The number of allylic oxidation sites excluding steroid dienone is 1. The molecule has 0 saturated heterocycles. The minimum atomic E-state index is -4.59. The maximum absolute atomic E-state index is 12.9. The van der Waals surface area contributed by atoms with Gasteiger partial charge in [0.15, 0.2) is 0 Å². The zero-order valence-electron chi connectivity index (χ0n) is 42.1. The number of aliphatic hydroxyl groups excluding tert-OH is 1. The molecule has 0 rings (SSSR count). The Kier molecular flexibility index (Phi) is 44.8. The summed E-state index contributed by atoms with van der Waals surface area (Å²) in [6.07, 6.45) is 54.2. The first-order chi connectivity index (χ1) is 30.0. The maximum atomic E-state index is 12.9. The number of amides is 1. The van der Waals surface area contributed by atoms with Crippen molar-refractivity contribution >= 4 is 13.7 Å². The van der Waals surface area contributed by atoms with Gasteiger partial charge in [0, 0.05) is 6.42 Å². The van der Waals surface area contributed by atoms with Crippen molar-refractivity contribution in [2.45, 2.75) is 283 Å². The molecule has 0 spiro atoms. The molecular weight excluding hydrogens is 792 g/mol. The summed E-state index contributed by atoms with van der Waals surface area (Å²) in [7, 11) is 1.28. The average molecular weight is 899 g/mol. The quantitative estimate of drug-likeness (QED) is 0.0272. The summed E-state index contributed by atoms with van der Waals surface area (Å²) in [5.74, 6) is -0.191. The van der Waals surface area contributed by atoms with Crippen LogP contribution in [-0.4, -0.2) is 68.5 Å². The van der Waals surface area contributed by atoms with E-state index in [-0.39, 0.29) is 19.1 Å². The van der Waals surface area contributed by atoms with Crippen LogP contribution in [0.5, 0.6) is 0 Å². The Bertz CT molecular complexity index is 1020. The van der Waals surface area contributed by atoms with E-state index in [2.05, 4.69) is 19.2 Å². The molecule has 0 bridgehead atoms. The molecule has 0 radical (unpaired) electrons. The number of phosphoric acid groups is 1. The predicted octanol–water partition coefficient (Wildman–Crippen LogP) is 15.2. The Morgan fingerprint density at radius 3 is 1.21 bits per heavy atom. The number of likely N-dealkylation sites (N-methyl/N-ethyl adjacent to an activating group) is 1. The number of hydrogen-bond acceptors (Lipinski definition) is 6. The summed E-state index contributed by atoms with van der Waals surface area (Å²) < 4.78 is 23.3. The standard InChI is InChI=1S/C53H107N2O6P/c1-6-8-10-12-14-16-18-20-22-24-25-26-27-28-29-30-31-33-35-37-39-41-43-45-47-53(57)54-51(50-61-62(58,59)60-49-48-55(3,4)5)52(56)46-44-42-40-38-36-34-32-23-21-19-17-15-13-11-9-7-2/h44,46,51-52,56H,6-43,45,47-50H2,1-5H3,(H-,54,57,58,59)/b46-44+/t51-,52+/m0/s1. The van der Waals surface area contributed by atoms with Crippen LogP contribution in [0.4, 0.5) is 0 Å². The summed E-state index contributed by atoms with van der Waals surface area (Å²) in [6.45, 7) is 4.69. The zero-order valence-corrected chi connectivity index (χ0v) is 43.0. The van der Waals surface area contributed by atoms with Gasteiger partial charge in [-0.25, -0.2) is 0 Å².